The van der Waals surface area contributed by atoms with Crippen LogP contribution in [0.5, 0.6) is 0 Å². The molecule has 0 bridgehead atoms. The second-order valence-electron chi connectivity index (χ2n) is 5.81. The van der Waals surface area contributed by atoms with E-state index in [9.17, 15) is 4.79 Å². The van der Waals surface area contributed by atoms with Gasteiger partial charge in [-0.2, -0.15) is 6.42 Å². The van der Waals surface area contributed by atoms with Crippen molar-refractivity contribution in [1.82, 2.24) is 5.32 Å². The van der Waals surface area contributed by atoms with Crippen LogP contribution in [0.25, 0.3) is 11.1 Å². The number of benzene rings is 2. The Morgan fingerprint density at radius 1 is 1.00 bits per heavy atom. The predicted octanol–water partition coefficient (Wildman–Crippen LogP) is 4.98. The van der Waals surface area contributed by atoms with Gasteiger partial charge in [0.15, 0.2) is 0 Å². The van der Waals surface area contributed by atoms with E-state index in [2.05, 4.69) is 36.5 Å². The molecule has 0 aromatic heterocycles. The molecule has 3 rings (SSSR count). The summed E-state index contributed by atoms with van der Waals surface area (Å²) in [5, 5.41) is 2.80. The van der Waals surface area contributed by atoms with Gasteiger partial charge in [0.1, 0.15) is 6.61 Å². The monoisotopic (exact) mass is 412 g/mol. The summed E-state index contributed by atoms with van der Waals surface area (Å²) in [6.07, 6.45) is 2.51. The Hall–Kier alpha value is -1.19. The molecule has 131 valence electrons. The van der Waals surface area contributed by atoms with Gasteiger partial charge >= 0.3 is 6.09 Å². The molecule has 2 aromatic carbocycles. The van der Waals surface area contributed by atoms with Crippen LogP contribution in [0.15, 0.2) is 48.5 Å². The van der Waals surface area contributed by atoms with Crippen LogP contribution in [0.4, 0.5) is 4.79 Å². The summed E-state index contributed by atoms with van der Waals surface area (Å²) in [7, 11) is 0. The third kappa shape index (κ3) is 5.15. The summed E-state index contributed by atoms with van der Waals surface area (Å²) in [4.78, 5) is 11.8. The van der Waals surface area contributed by atoms with E-state index in [1.165, 1.54) is 22.3 Å². The van der Waals surface area contributed by atoms with Crippen LogP contribution in [-0.2, 0) is 37.4 Å². The molecule has 0 aliphatic heterocycles. The Kier molecular flexibility index (Phi) is 9.38. The predicted molar refractivity (Wildman–Crippen MR) is 98.7 cm³/mol. The number of ether oxygens (including phenoxy) is 1. The molecule has 1 aliphatic carbocycles. The molecule has 0 saturated heterocycles. The third-order valence-corrected chi connectivity index (χ3v) is 4.29. The largest absolute Gasteiger partial charge is 0.449 e. The number of carbonyl (C=O) groups excluding carboxylic acids is 1. The minimum Gasteiger partial charge on any atom is -0.449 e. The van der Waals surface area contributed by atoms with Crippen LogP contribution >= 0.6 is 0 Å². The van der Waals surface area contributed by atoms with Crippen LogP contribution < -0.4 is 5.32 Å². The zero-order chi connectivity index (χ0) is 16.1. The summed E-state index contributed by atoms with van der Waals surface area (Å²) in [6, 6.07) is 16.7. The maximum atomic E-state index is 11.8. The summed E-state index contributed by atoms with van der Waals surface area (Å²) >= 11 is 0. The van der Waals surface area contributed by atoms with Gasteiger partial charge in [-0.3, -0.25) is 0 Å². The van der Waals surface area contributed by atoms with Crippen LogP contribution in [0.2, 0.25) is 0 Å². The van der Waals surface area contributed by atoms with Crippen molar-refractivity contribution in [2.75, 3.05) is 13.2 Å². The summed E-state index contributed by atoms with van der Waals surface area (Å²) in [6.45, 7) is 4.80. The van der Waals surface area contributed by atoms with Crippen molar-refractivity contribution >= 4 is 6.09 Å². The minimum absolute atomic E-state index is 0. The fraction of sp³-hybridized carbons (Fsp3) is 0.286. The maximum absolute atomic E-state index is 11.8. The molecule has 0 spiro atoms. The molecule has 0 atom stereocenters. The first-order valence-electron chi connectivity index (χ1n) is 8.19. The van der Waals surface area contributed by atoms with E-state index < -0.39 is 0 Å². The zero-order valence-corrected chi connectivity index (χ0v) is 17.7. The smallest absolute Gasteiger partial charge is 0.407 e. The van der Waals surface area contributed by atoms with E-state index in [0.29, 0.717) is 13.2 Å². The second-order valence-corrected chi connectivity index (χ2v) is 5.81. The number of hydrogen-bond donors (Lipinski definition) is 1. The minimum atomic E-state index is -0.337. The number of hydrogen-bond acceptors (Lipinski definition) is 2. The van der Waals surface area contributed by atoms with Crippen LogP contribution in [0.3, 0.4) is 0 Å². The Balaban J connectivity index is 0.00000156. The van der Waals surface area contributed by atoms with Crippen molar-refractivity contribution in [3.05, 3.63) is 74.0 Å². The van der Waals surface area contributed by atoms with Gasteiger partial charge < -0.3 is 24.4 Å². The summed E-state index contributed by atoms with van der Waals surface area (Å²) in [5.41, 5.74) is 4.96. The molecule has 0 saturated carbocycles. The van der Waals surface area contributed by atoms with Gasteiger partial charge in [-0.05, 0) is 28.7 Å². The van der Waals surface area contributed by atoms with Crippen LogP contribution in [0.1, 0.15) is 36.3 Å². The molecule has 0 heterocycles. The SMILES string of the molecule is [CH2-]CCCCNC(=O)OCC1c2ccccc2-c2ccccc21.[CH3-].[Y]. The van der Waals surface area contributed by atoms with Crippen molar-refractivity contribution < 1.29 is 42.2 Å². The average Bonchev–Trinajstić information content (AvgIpc) is 2.91. The molecule has 1 radical (unpaired) electrons. The standard InChI is InChI=1S/C20H22NO2.CH3.Y/c1-2-3-8-13-21-20(22)23-14-19-17-11-6-4-9-15(17)16-10-5-7-12-18(16)19;;/h4-7,9-12,19H,1-3,8,13-14H2,(H,21,22);1H3;/q2*-1;. The van der Waals surface area contributed by atoms with Gasteiger partial charge in [0.25, 0.3) is 0 Å². The van der Waals surface area contributed by atoms with Crippen molar-refractivity contribution in [2.45, 2.75) is 25.2 Å². The van der Waals surface area contributed by atoms with E-state index in [1.54, 1.807) is 0 Å². The van der Waals surface area contributed by atoms with E-state index in [1.807, 2.05) is 24.3 Å². The summed E-state index contributed by atoms with van der Waals surface area (Å²) < 4.78 is 5.45. The Morgan fingerprint density at radius 3 is 2.12 bits per heavy atom. The molecule has 25 heavy (non-hydrogen) atoms. The Bertz CT molecular complexity index is 642. The molecule has 1 aliphatic rings. The van der Waals surface area contributed by atoms with Gasteiger partial charge in [0.2, 0.25) is 0 Å². The summed E-state index contributed by atoms with van der Waals surface area (Å²) in [5.74, 6) is 0.119. The van der Waals surface area contributed by atoms with E-state index in [-0.39, 0.29) is 52.1 Å². The number of fused-ring (bicyclic) bond motifs is 3. The first-order valence-corrected chi connectivity index (χ1v) is 8.19. The number of amides is 1. The third-order valence-electron chi connectivity index (χ3n) is 4.29. The number of carbonyl (C=O) groups is 1. The molecule has 4 heteroatoms. The van der Waals surface area contributed by atoms with Crippen LogP contribution in [0, 0.1) is 14.4 Å². The van der Waals surface area contributed by atoms with E-state index >= 15 is 0 Å². The fourth-order valence-corrected chi connectivity index (χ4v) is 3.14. The Labute approximate surface area is 176 Å². The van der Waals surface area contributed by atoms with E-state index in [0.717, 1.165) is 19.3 Å². The second kappa shape index (κ2) is 10.7. The zero-order valence-electron chi connectivity index (χ0n) is 14.8. The first-order chi connectivity index (χ1) is 11.3. The normalized spacial score (nSPS) is 11.6. The molecule has 3 nitrogen and oxygen atoms in total. The topological polar surface area (TPSA) is 38.3 Å². The van der Waals surface area contributed by atoms with Gasteiger partial charge in [-0.1, -0.05) is 55.0 Å². The molecule has 1 N–H and O–H groups in total. The molecule has 0 unspecified atom stereocenters. The fourth-order valence-electron chi connectivity index (χ4n) is 3.14. The number of rotatable bonds is 6. The maximum Gasteiger partial charge on any atom is 0.407 e. The van der Waals surface area contributed by atoms with Crippen molar-refractivity contribution in [3.8, 4) is 11.1 Å². The molecule has 1 amide bonds. The number of unbranched alkanes of at least 4 members (excludes halogenated alkanes) is 2. The van der Waals surface area contributed by atoms with Gasteiger partial charge in [-0.15, -0.1) is 0 Å². The van der Waals surface area contributed by atoms with Crippen molar-refractivity contribution in [2.24, 2.45) is 0 Å². The van der Waals surface area contributed by atoms with Gasteiger partial charge in [0, 0.05) is 45.2 Å². The molecule has 0 fully saturated rings. The van der Waals surface area contributed by atoms with Crippen molar-refractivity contribution in [3.63, 3.8) is 0 Å². The average molecular weight is 412 g/mol. The van der Waals surface area contributed by atoms with Crippen LogP contribution in [-0.4, -0.2) is 19.2 Å². The van der Waals surface area contributed by atoms with Crippen molar-refractivity contribution in [1.29, 1.82) is 0 Å². The molecule has 2 aromatic rings. The number of alkyl carbamates (subject to hydrolysis) is 1. The van der Waals surface area contributed by atoms with Gasteiger partial charge in [0.05, 0.1) is 0 Å². The molecular weight excluding hydrogens is 387 g/mol. The Morgan fingerprint density at radius 2 is 1.56 bits per heavy atom. The van der Waals surface area contributed by atoms with E-state index in [4.69, 9.17) is 4.74 Å². The first kappa shape index (κ1) is 21.9. The quantitative estimate of drug-likeness (QED) is 0.537. The number of nitrogens with one attached hydrogen (secondary N) is 1. The molecular formula is C21H25NO2Y-2. The van der Waals surface area contributed by atoms with Gasteiger partial charge in [-0.25, -0.2) is 4.79 Å².